The maximum atomic E-state index is 13.1. The van der Waals surface area contributed by atoms with Gasteiger partial charge in [-0.2, -0.15) is 0 Å². The van der Waals surface area contributed by atoms with E-state index in [0.717, 1.165) is 17.7 Å². The van der Waals surface area contributed by atoms with Crippen molar-refractivity contribution in [2.75, 3.05) is 0 Å². The lowest BCUT2D eigenvalue weighted by molar-refractivity contribution is 0.0568. The van der Waals surface area contributed by atoms with Crippen molar-refractivity contribution in [2.45, 2.75) is 42.7 Å². The Kier molecular flexibility index (Phi) is 4.41. The second-order valence-corrected chi connectivity index (χ2v) is 9.70. The van der Waals surface area contributed by atoms with Crippen LogP contribution < -0.4 is 0 Å². The Morgan fingerprint density at radius 3 is 2.26 bits per heavy atom. The molecule has 0 saturated heterocycles. The summed E-state index contributed by atoms with van der Waals surface area (Å²) in [6.07, 6.45) is 1.78. The molecule has 3 rings (SSSR count). The Hall–Kier alpha value is -1.12. The summed E-state index contributed by atoms with van der Waals surface area (Å²) in [6, 6.07) is 18.4. The van der Waals surface area contributed by atoms with Crippen molar-refractivity contribution >= 4 is 22.4 Å². The molecule has 1 aliphatic carbocycles. The third-order valence-electron chi connectivity index (χ3n) is 5.35. The van der Waals surface area contributed by atoms with Gasteiger partial charge < -0.3 is 0 Å². The van der Waals surface area contributed by atoms with Crippen LogP contribution in [-0.4, -0.2) is 8.42 Å². The summed E-state index contributed by atoms with van der Waals surface area (Å²) in [6.45, 7) is 6.35. The van der Waals surface area contributed by atoms with Crippen molar-refractivity contribution in [2.24, 2.45) is 11.3 Å². The summed E-state index contributed by atoms with van der Waals surface area (Å²) < 4.78 is 12.4. The first kappa shape index (κ1) is 16.7. The highest BCUT2D eigenvalue weighted by molar-refractivity contribution is 7.88. The van der Waals surface area contributed by atoms with Gasteiger partial charge in [-0.3, -0.25) is 4.21 Å². The van der Waals surface area contributed by atoms with Crippen molar-refractivity contribution < 1.29 is 4.21 Å². The van der Waals surface area contributed by atoms with Gasteiger partial charge in [-0.15, -0.1) is 11.6 Å². The number of aryl methyl sites for hydroxylation is 1. The summed E-state index contributed by atoms with van der Waals surface area (Å²) in [5, 5.41) is 0. The molecule has 0 aromatic heterocycles. The van der Waals surface area contributed by atoms with Gasteiger partial charge in [-0.05, 0) is 48.8 Å². The zero-order valence-electron chi connectivity index (χ0n) is 13.9. The van der Waals surface area contributed by atoms with Crippen molar-refractivity contribution in [3.05, 3.63) is 65.7 Å². The SMILES string of the molecule is Cc1ccc(S(=O)C2(Cl)C[C@H](Cc3ccccc3)C2(C)C)cc1. The largest absolute Gasteiger partial charge is 0.252 e. The van der Waals surface area contributed by atoms with E-state index in [1.54, 1.807) is 0 Å². The molecule has 0 aliphatic heterocycles. The van der Waals surface area contributed by atoms with Gasteiger partial charge in [0, 0.05) is 4.90 Å². The molecule has 0 bridgehead atoms. The van der Waals surface area contributed by atoms with E-state index in [2.05, 4.69) is 38.1 Å². The molecule has 2 aromatic carbocycles. The van der Waals surface area contributed by atoms with E-state index < -0.39 is 15.0 Å². The summed E-state index contributed by atoms with van der Waals surface area (Å²) in [5.41, 5.74) is 2.33. The fourth-order valence-corrected chi connectivity index (χ4v) is 5.76. The van der Waals surface area contributed by atoms with Gasteiger partial charge in [-0.25, -0.2) is 0 Å². The van der Waals surface area contributed by atoms with E-state index in [4.69, 9.17) is 11.6 Å². The topological polar surface area (TPSA) is 17.1 Å². The lowest BCUT2D eigenvalue weighted by Crippen LogP contribution is -2.59. The Morgan fingerprint density at radius 1 is 1.09 bits per heavy atom. The number of alkyl halides is 1. The number of hydrogen-bond acceptors (Lipinski definition) is 1. The maximum absolute atomic E-state index is 13.1. The molecule has 2 aromatic rings. The Balaban J connectivity index is 1.78. The number of halogens is 1. The monoisotopic (exact) mass is 346 g/mol. The van der Waals surface area contributed by atoms with Crippen LogP contribution in [0.5, 0.6) is 0 Å². The quantitative estimate of drug-likeness (QED) is 0.684. The van der Waals surface area contributed by atoms with E-state index in [0.29, 0.717) is 5.92 Å². The minimum absolute atomic E-state index is 0.167. The van der Waals surface area contributed by atoms with Crippen molar-refractivity contribution in [1.29, 1.82) is 0 Å². The molecule has 0 radical (unpaired) electrons. The number of rotatable bonds is 4. The minimum atomic E-state index is -1.20. The molecule has 1 aliphatic rings. The van der Waals surface area contributed by atoms with Gasteiger partial charge in [0.15, 0.2) is 0 Å². The van der Waals surface area contributed by atoms with Crippen LogP contribution in [0, 0.1) is 18.3 Å². The Bertz CT molecular complexity index is 708. The molecule has 23 heavy (non-hydrogen) atoms. The van der Waals surface area contributed by atoms with Crippen molar-refractivity contribution in [3.8, 4) is 0 Å². The smallest absolute Gasteiger partial charge is 0.129 e. The molecule has 1 nitrogen and oxygen atoms in total. The molecule has 0 spiro atoms. The maximum Gasteiger partial charge on any atom is 0.129 e. The first-order chi connectivity index (χ1) is 10.8. The minimum Gasteiger partial charge on any atom is -0.252 e. The van der Waals surface area contributed by atoms with Crippen LogP contribution in [0.1, 0.15) is 31.4 Å². The van der Waals surface area contributed by atoms with Crippen LogP contribution in [0.4, 0.5) is 0 Å². The molecular formula is C20H23ClOS. The highest BCUT2D eigenvalue weighted by atomic mass is 35.5. The molecule has 0 amide bonds. The Labute approximate surface area is 146 Å². The Morgan fingerprint density at radius 2 is 1.70 bits per heavy atom. The molecule has 2 unspecified atom stereocenters. The van der Waals surface area contributed by atoms with Gasteiger partial charge in [0.05, 0.1) is 10.8 Å². The molecule has 3 heteroatoms. The normalized spacial score (nSPS) is 27.2. The standard InChI is InChI=1S/C20H23ClOS/c1-15-9-11-18(12-10-15)23(22)20(21)14-17(19(20,2)3)13-16-7-5-4-6-8-16/h4-12,17H,13-14H2,1-3H3/t17-,20?,23?/m0/s1. The van der Waals surface area contributed by atoms with Crippen LogP contribution in [-0.2, 0) is 17.2 Å². The van der Waals surface area contributed by atoms with Crippen molar-refractivity contribution in [3.63, 3.8) is 0 Å². The van der Waals surface area contributed by atoms with Crippen LogP contribution >= 0.6 is 11.6 Å². The summed E-state index contributed by atoms with van der Waals surface area (Å²) in [5.74, 6) is 0.455. The van der Waals surface area contributed by atoms with Gasteiger partial charge in [0.1, 0.15) is 4.21 Å². The van der Waals surface area contributed by atoms with E-state index in [1.807, 2.05) is 37.3 Å². The average molecular weight is 347 g/mol. The third kappa shape index (κ3) is 2.88. The van der Waals surface area contributed by atoms with E-state index >= 15 is 0 Å². The molecule has 1 saturated carbocycles. The van der Waals surface area contributed by atoms with Crippen LogP contribution in [0.2, 0.25) is 0 Å². The number of hydrogen-bond donors (Lipinski definition) is 0. The van der Waals surface area contributed by atoms with Gasteiger partial charge in [0.2, 0.25) is 0 Å². The summed E-state index contributed by atoms with van der Waals surface area (Å²) in [4.78, 5) is 0.830. The fraction of sp³-hybridized carbons (Fsp3) is 0.400. The zero-order chi connectivity index (χ0) is 16.7. The number of benzene rings is 2. The second kappa shape index (κ2) is 6.07. The van der Waals surface area contributed by atoms with Crippen LogP contribution in [0.15, 0.2) is 59.5 Å². The predicted octanol–water partition coefficient (Wildman–Crippen LogP) is 5.33. The highest BCUT2D eigenvalue weighted by Gasteiger charge is 2.62. The van der Waals surface area contributed by atoms with E-state index in [9.17, 15) is 4.21 Å². The van der Waals surface area contributed by atoms with Gasteiger partial charge in [-0.1, -0.05) is 61.9 Å². The molecule has 0 heterocycles. The summed E-state index contributed by atoms with van der Waals surface area (Å²) in [7, 11) is -1.20. The average Bonchev–Trinajstić information content (AvgIpc) is 2.55. The van der Waals surface area contributed by atoms with E-state index in [-0.39, 0.29) is 5.41 Å². The second-order valence-electron chi connectivity index (χ2n) is 7.12. The first-order valence-corrected chi connectivity index (χ1v) is 9.59. The molecule has 1 fully saturated rings. The molecule has 122 valence electrons. The zero-order valence-corrected chi connectivity index (χ0v) is 15.5. The predicted molar refractivity (Wildman–Crippen MR) is 98.2 cm³/mol. The highest BCUT2D eigenvalue weighted by Crippen LogP contribution is 2.61. The van der Waals surface area contributed by atoms with Crippen molar-refractivity contribution in [1.82, 2.24) is 0 Å². The van der Waals surface area contributed by atoms with Gasteiger partial charge >= 0.3 is 0 Å². The van der Waals surface area contributed by atoms with Crippen LogP contribution in [0.25, 0.3) is 0 Å². The van der Waals surface area contributed by atoms with Gasteiger partial charge in [0.25, 0.3) is 0 Å². The lowest BCUT2D eigenvalue weighted by Gasteiger charge is -2.57. The van der Waals surface area contributed by atoms with Crippen LogP contribution in [0.3, 0.4) is 0 Å². The molecule has 3 atom stereocenters. The lowest BCUT2D eigenvalue weighted by atomic mass is 9.59. The third-order valence-corrected chi connectivity index (χ3v) is 8.39. The molecular weight excluding hydrogens is 324 g/mol. The first-order valence-electron chi connectivity index (χ1n) is 8.06. The summed E-state index contributed by atoms with van der Waals surface area (Å²) >= 11 is 6.88. The fourth-order valence-electron chi connectivity index (χ4n) is 3.40. The molecule has 0 N–H and O–H groups in total. The van der Waals surface area contributed by atoms with E-state index in [1.165, 1.54) is 11.1 Å².